The largest absolute Gasteiger partial charge is 0.477 e. The van der Waals surface area contributed by atoms with Gasteiger partial charge in [-0.3, -0.25) is 9.69 Å². The standard InChI is InChI=1S/C11H15N3O3S/c1-8-10(11(16)17)18-9(12-8)6-13-2-4-14(7-15)5-3-13/h7H,2-6H2,1H3,(H,16,17). The Morgan fingerprint density at radius 1 is 1.44 bits per heavy atom. The summed E-state index contributed by atoms with van der Waals surface area (Å²) in [7, 11) is 0. The van der Waals surface area contributed by atoms with Crippen LogP contribution in [0, 0.1) is 6.92 Å². The van der Waals surface area contributed by atoms with Crippen LogP contribution in [0.25, 0.3) is 0 Å². The van der Waals surface area contributed by atoms with Crippen molar-refractivity contribution in [1.82, 2.24) is 14.8 Å². The number of aryl methyl sites for hydroxylation is 1. The first-order valence-electron chi connectivity index (χ1n) is 5.71. The first-order valence-corrected chi connectivity index (χ1v) is 6.53. The Labute approximate surface area is 109 Å². The fraction of sp³-hybridized carbons (Fsp3) is 0.545. The van der Waals surface area contributed by atoms with Crippen molar-refractivity contribution in [2.24, 2.45) is 0 Å². The molecule has 1 aromatic rings. The number of nitrogens with zero attached hydrogens (tertiary/aromatic N) is 3. The zero-order chi connectivity index (χ0) is 13.1. The van der Waals surface area contributed by atoms with Crippen LogP contribution in [0.1, 0.15) is 20.4 Å². The molecule has 1 aromatic heterocycles. The molecule has 18 heavy (non-hydrogen) atoms. The Morgan fingerprint density at radius 2 is 2.11 bits per heavy atom. The molecular formula is C11H15N3O3S. The summed E-state index contributed by atoms with van der Waals surface area (Å²) < 4.78 is 0. The van der Waals surface area contributed by atoms with Gasteiger partial charge in [0, 0.05) is 26.2 Å². The maximum atomic E-state index is 10.9. The fourth-order valence-electron chi connectivity index (χ4n) is 1.94. The molecule has 7 heteroatoms. The zero-order valence-electron chi connectivity index (χ0n) is 10.1. The highest BCUT2D eigenvalue weighted by Gasteiger charge is 2.19. The van der Waals surface area contributed by atoms with Gasteiger partial charge in [-0.15, -0.1) is 11.3 Å². The summed E-state index contributed by atoms with van der Waals surface area (Å²) in [6.45, 7) is 5.43. The van der Waals surface area contributed by atoms with Gasteiger partial charge in [-0.2, -0.15) is 0 Å². The first-order chi connectivity index (χ1) is 8.60. The summed E-state index contributed by atoms with van der Waals surface area (Å²) in [6.07, 6.45) is 0.868. The minimum absolute atomic E-state index is 0.316. The predicted molar refractivity (Wildman–Crippen MR) is 66.7 cm³/mol. The lowest BCUT2D eigenvalue weighted by Crippen LogP contribution is -2.45. The van der Waals surface area contributed by atoms with Gasteiger partial charge in [0.15, 0.2) is 0 Å². The van der Waals surface area contributed by atoms with E-state index in [0.717, 1.165) is 37.6 Å². The number of amides is 1. The van der Waals surface area contributed by atoms with Crippen LogP contribution in [-0.4, -0.2) is 58.4 Å². The van der Waals surface area contributed by atoms with Crippen molar-refractivity contribution in [3.63, 3.8) is 0 Å². The molecular weight excluding hydrogens is 254 g/mol. The van der Waals surface area contributed by atoms with E-state index >= 15 is 0 Å². The molecule has 0 aliphatic carbocycles. The number of rotatable bonds is 4. The van der Waals surface area contributed by atoms with Crippen LogP contribution >= 0.6 is 11.3 Å². The first kappa shape index (κ1) is 13.0. The molecule has 2 rings (SSSR count). The lowest BCUT2D eigenvalue weighted by Gasteiger charge is -2.31. The van der Waals surface area contributed by atoms with E-state index in [1.807, 2.05) is 0 Å². The third-order valence-electron chi connectivity index (χ3n) is 2.95. The molecule has 0 bridgehead atoms. The number of aromatic carboxylic acids is 1. The highest BCUT2D eigenvalue weighted by atomic mass is 32.1. The van der Waals surface area contributed by atoms with Gasteiger partial charge in [0.2, 0.25) is 6.41 Å². The molecule has 6 nitrogen and oxygen atoms in total. The Morgan fingerprint density at radius 3 is 2.61 bits per heavy atom. The summed E-state index contributed by atoms with van der Waals surface area (Å²) >= 11 is 1.23. The van der Waals surface area contributed by atoms with E-state index in [1.165, 1.54) is 11.3 Å². The number of aromatic nitrogens is 1. The van der Waals surface area contributed by atoms with Crippen molar-refractivity contribution < 1.29 is 14.7 Å². The average molecular weight is 269 g/mol. The Kier molecular flexibility index (Phi) is 3.93. The van der Waals surface area contributed by atoms with Gasteiger partial charge >= 0.3 is 5.97 Å². The number of hydrogen-bond donors (Lipinski definition) is 1. The second kappa shape index (κ2) is 5.45. The molecule has 1 aliphatic heterocycles. The molecule has 2 heterocycles. The van der Waals surface area contributed by atoms with E-state index in [2.05, 4.69) is 9.88 Å². The maximum absolute atomic E-state index is 10.9. The number of carboxylic acids is 1. The van der Waals surface area contributed by atoms with Crippen molar-refractivity contribution >= 4 is 23.7 Å². The van der Waals surface area contributed by atoms with Gasteiger partial charge in [0.25, 0.3) is 0 Å². The van der Waals surface area contributed by atoms with E-state index in [1.54, 1.807) is 11.8 Å². The Balaban J connectivity index is 1.96. The van der Waals surface area contributed by atoms with Crippen molar-refractivity contribution in [3.8, 4) is 0 Å². The fourth-order valence-corrected chi connectivity index (χ4v) is 2.88. The molecule has 0 atom stereocenters. The topological polar surface area (TPSA) is 73.7 Å². The summed E-state index contributed by atoms with van der Waals surface area (Å²) in [4.78, 5) is 30.0. The van der Waals surface area contributed by atoms with Crippen LogP contribution in [0.2, 0.25) is 0 Å². The van der Waals surface area contributed by atoms with Crippen molar-refractivity contribution in [1.29, 1.82) is 0 Å². The minimum Gasteiger partial charge on any atom is -0.477 e. The van der Waals surface area contributed by atoms with Crippen LogP contribution in [-0.2, 0) is 11.3 Å². The van der Waals surface area contributed by atoms with Gasteiger partial charge in [0.1, 0.15) is 9.88 Å². The van der Waals surface area contributed by atoms with E-state index in [9.17, 15) is 9.59 Å². The van der Waals surface area contributed by atoms with Gasteiger partial charge in [-0.1, -0.05) is 0 Å². The van der Waals surface area contributed by atoms with Crippen LogP contribution in [0.4, 0.5) is 0 Å². The molecule has 1 fully saturated rings. The number of piperazine rings is 1. The second-order valence-corrected chi connectivity index (χ2v) is 5.33. The highest BCUT2D eigenvalue weighted by Crippen LogP contribution is 2.19. The molecule has 1 aliphatic rings. The quantitative estimate of drug-likeness (QED) is 0.802. The third kappa shape index (κ3) is 2.85. The van der Waals surface area contributed by atoms with Crippen molar-refractivity contribution in [3.05, 3.63) is 15.6 Å². The number of thiazole rings is 1. The molecule has 1 saturated heterocycles. The van der Waals surface area contributed by atoms with Crippen molar-refractivity contribution in [2.45, 2.75) is 13.5 Å². The molecule has 1 N–H and O–H groups in total. The molecule has 1 amide bonds. The Bertz CT molecular complexity index is 452. The number of carbonyl (C=O) groups excluding carboxylic acids is 1. The van der Waals surface area contributed by atoms with Crippen molar-refractivity contribution in [2.75, 3.05) is 26.2 Å². The monoisotopic (exact) mass is 269 g/mol. The summed E-state index contributed by atoms with van der Waals surface area (Å²) in [5.74, 6) is -0.915. The zero-order valence-corrected chi connectivity index (χ0v) is 10.9. The van der Waals surface area contributed by atoms with Gasteiger partial charge in [-0.05, 0) is 6.92 Å². The van der Waals surface area contributed by atoms with Gasteiger partial charge < -0.3 is 10.0 Å². The van der Waals surface area contributed by atoms with Crippen LogP contribution in [0.5, 0.6) is 0 Å². The lowest BCUT2D eigenvalue weighted by atomic mass is 10.3. The van der Waals surface area contributed by atoms with Crippen LogP contribution in [0.3, 0.4) is 0 Å². The number of carbonyl (C=O) groups is 2. The average Bonchev–Trinajstić information content (AvgIpc) is 2.71. The number of carboxylic acid groups (broad SMARTS) is 1. The summed E-state index contributed by atoms with van der Waals surface area (Å²) in [5, 5.41) is 9.79. The predicted octanol–water partition coefficient (Wildman–Crippen LogP) is 0.424. The van der Waals surface area contributed by atoms with E-state index in [-0.39, 0.29) is 0 Å². The summed E-state index contributed by atoms with van der Waals surface area (Å²) in [6, 6.07) is 0. The Hall–Kier alpha value is -1.47. The smallest absolute Gasteiger partial charge is 0.347 e. The maximum Gasteiger partial charge on any atom is 0.347 e. The second-order valence-electron chi connectivity index (χ2n) is 4.24. The van der Waals surface area contributed by atoms with E-state index < -0.39 is 5.97 Å². The molecule has 0 spiro atoms. The molecule has 0 saturated carbocycles. The molecule has 0 radical (unpaired) electrons. The molecule has 98 valence electrons. The number of hydrogen-bond acceptors (Lipinski definition) is 5. The lowest BCUT2D eigenvalue weighted by molar-refractivity contribution is -0.119. The van der Waals surface area contributed by atoms with Crippen LogP contribution < -0.4 is 0 Å². The van der Waals surface area contributed by atoms with Crippen LogP contribution in [0.15, 0.2) is 0 Å². The molecule has 0 unspecified atom stereocenters. The SMILES string of the molecule is Cc1nc(CN2CCN(C=O)CC2)sc1C(=O)O. The normalized spacial score (nSPS) is 16.8. The van der Waals surface area contributed by atoms with Gasteiger partial charge in [-0.25, -0.2) is 9.78 Å². The highest BCUT2D eigenvalue weighted by molar-refractivity contribution is 7.13. The van der Waals surface area contributed by atoms with E-state index in [4.69, 9.17) is 5.11 Å². The third-order valence-corrected chi connectivity index (χ3v) is 4.08. The van der Waals surface area contributed by atoms with E-state index in [0.29, 0.717) is 17.1 Å². The minimum atomic E-state index is -0.915. The molecule has 0 aromatic carbocycles. The van der Waals surface area contributed by atoms with Gasteiger partial charge in [0.05, 0.1) is 12.2 Å². The summed E-state index contributed by atoms with van der Waals surface area (Å²) in [5.41, 5.74) is 0.578.